The Labute approximate surface area is 163 Å². The molecule has 2 aromatic carbocycles. The van der Waals surface area contributed by atoms with Gasteiger partial charge in [-0.25, -0.2) is 0 Å². The first-order chi connectivity index (χ1) is 13.1. The fourth-order valence-electron chi connectivity index (χ4n) is 3.11. The highest BCUT2D eigenvalue weighted by Gasteiger charge is 2.21. The molecule has 4 rings (SSSR count). The number of thiophene rings is 1. The fourth-order valence-corrected chi connectivity index (χ4v) is 4.49. The van der Waals surface area contributed by atoms with E-state index >= 15 is 0 Å². The molecule has 27 heavy (non-hydrogen) atoms. The molecule has 0 saturated heterocycles. The summed E-state index contributed by atoms with van der Waals surface area (Å²) in [4.78, 5) is 16.0. The number of nitrogens with one attached hydrogen (secondary N) is 1. The van der Waals surface area contributed by atoms with Crippen LogP contribution in [-0.4, -0.2) is 16.3 Å². The van der Waals surface area contributed by atoms with Crippen LogP contribution >= 0.6 is 22.9 Å². The molecule has 0 radical (unpaired) electrons. The van der Waals surface area contributed by atoms with Gasteiger partial charge in [0.15, 0.2) is 0 Å². The zero-order valence-electron chi connectivity index (χ0n) is 13.9. The predicted molar refractivity (Wildman–Crippen MR) is 112 cm³/mol. The summed E-state index contributed by atoms with van der Waals surface area (Å²) in [5, 5.41) is 15.1. The minimum atomic E-state index is -0.389. The summed E-state index contributed by atoms with van der Waals surface area (Å²) in [7, 11) is 0. The standard InChI is InChI=1S/C20H14ClN3O2S/c21-18-14(12-6-2-1-3-7-12)16-17(25)15(19(26)24-20(16)27-18)13-8-4-5-11(9-13)10-23-22/h1-10H,22H2,(H2,24,25,26). The van der Waals surface area contributed by atoms with Crippen molar-refractivity contribution in [3.63, 3.8) is 0 Å². The topological polar surface area (TPSA) is 91.5 Å². The molecule has 2 heterocycles. The van der Waals surface area contributed by atoms with E-state index in [2.05, 4.69) is 10.1 Å². The van der Waals surface area contributed by atoms with E-state index in [9.17, 15) is 9.90 Å². The van der Waals surface area contributed by atoms with Crippen molar-refractivity contribution < 1.29 is 5.11 Å². The summed E-state index contributed by atoms with van der Waals surface area (Å²) in [6, 6.07) is 16.6. The monoisotopic (exact) mass is 395 g/mol. The highest BCUT2D eigenvalue weighted by molar-refractivity contribution is 7.23. The number of aromatic hydroxyl groups is 1. The Morgan fingerprint density at radius 2 is 1.81 bits per heavy atom. The summed E-state index contributed by atoms with van der Waals surface area (Å²) in [6.45, 7) is 0. The second-order valence-corrected chi connectivity index (χ2v) is 7.52. The van der Waals surface area contributed by atoms with Crippen LogP contribution in [0.3, 0.4) is 0 Å². The van der Waals surface area contributed by atoms with Gasteiger partial charge in [-0.1, -0.05) is 60.1 Å². The number of nitrogens with zero attached hydrogens (tertiary/aromatic N) is 1. The molecule has 0 aliphatic rings. The van der Waals surface area contributed by atoms with Gasteiger partial charge in [-0.3, -0.25) is 4.79 Å². The van der Waals surface area contributed by atoms with Crippen LogP contribution in [0.2, 0.25) is 4.34 Å². The molecule has 0 atom stereocenters. The Morgan fingerprint density at radius 1 is 1.07 bits per heavy atom. The van der Waals surface area contributed by atoms with Crippen LogP contribution in [-0.2, 0) is 0 Å². The molecule has 7 heteroatoms. The first-order valence-corrected chi connectivity index (χ1v) is 9.26. The van der Waals surface area contributed by atoms with Crippen LogP contribution < -0.4 is 11.4 Å². The molecule has 0 spiro atoms. The van der Waals surface area contributed by atoms with E-state index in [0.29, 0.717) is 25.7 Å². The number of fused-ring (bicyclic) bond motifs is 1. The number of aromatic nitrogens is 1. The maximum Gasteiger partial charge on any atom is 0.260 e. The Hall–Kier alpha value is -3.09. The van der Waals surface area contributed by atoms with Crippen molar-refractivity contribution in [1.29, 1.82) is 0 Å². The molecule has 0 unspecified atom stereocenters. The lowest BCUT2D eigenvalue weighted by atomic mass is 9.99. The zero-order chi connectivity index (χ0) is 19.0. The zero-order valence-corrected chi connectivity index (χ0v) is 15.5. The minimum absolute atomic E-state index is 0.0995. The van der Waals surface area contributed by atoms with Gasteiger partial charge in [0, 0.05) is 5.56 Å². The molecule has 134 valence electrons. The largest absolute Gasteiger partial charge is 0.506 e. The van der Waals surface area contributed by atoms with Crippen molar-refractivity contribution in [2.75, 3.05) is 0 Å². The summed E-state index contributed by atoms with van der Waals surface area (Å²) < 4.78 is 0.503. The first-order valence-electron chi connectivity index (χ1n) is 8.06. The number of hydrazone groups is 1. The number of hydrogen-bond donors (Lipinski definition) is 3. The third-order valence-electron chi connectivity index (χ3n) is 4.25. The molecule has 4 N–H and O–H groups in total. The van der Waals surface area contributed by atoms with E-state index in [1.165, 1.54) is 17.6 Å². The average molecular weight is 396 g/mol. The third kappa shape index (κ3) is 2.99. The van der Waals surface area contributed by atoms with E-state index in [1.54, 1.807) is 24.3 Å². The van der Waals surface area contributed by atoms with Gasteiger partial charge in [-0.15, -0.1) is 11.3 Å². The van der Waals surface area contributed by atoms with E-state index in [1.807, 2.05) is 30.3 Å². The molecular weight excluding hydrogens is 382 g/mol. The highest BCUT2D eigenvalue weighted by Crippen LogP contribution is 2.46. The van der Waals surface area contributed by atoms with Gasteiger partial charge in [0.1, 0.15) is 14.9 Å². The number of aromatic amines is 1. The number of benzene rings is 2. The van der Waals surface area contributed by atoms with Crippen molar-refractivity contribution in [1.82, 2.24) is 4.98 Å². The summed E-state index contributed by atoms with van der Waals surface area (Å²) >= 11 is 7.67. The number of rotatable bonds is 3. The number of hydrogen-bond acceptors (Lipinski definition) is 5. The molecular formula is C20H14ClN3O2S. The number of H-pyrrole nitrogens is 1. The average Bonchev–Trinajstić information content (AvgIpc) is 2.99. The molecule has 0 bridgehead atoms. The molecule has 0 amide bonds. The van der Waals surface area contributed by atoms with Gasteiger partial charge < -0.3 is 15.9 Å². The molecule has 0 aliphatic carbocycles. The Kier molecular flexibility index (Phi) is 4.43. The van der Waals surface area contributed by atoms with Crippen LogP contribution in [0.25, 0.3) is 32.5 Å². The molecule has 0 saturated carbocycles. The lowest BCUT2D eigenvalue weighted by Crippen LogP contribution is -2.08. The molecule has 5 nitrogen and oxygen atoms in total. The maximum absolute atomic E-state index is 12.7. The van der Waals surface area contributed by atoms with E-state index in [4.69, 9.17) is 17.4 Å². The summed E-state index contributed by atoms with van der Waals surface area (Å²) in [5.41, 5.74) is 2.65. The van der Waals surface area contributed by atoms with Crippen molar-refractivity contribution in [2.24, 2.45) is 10.9 Å². The summed E-state index contributed by atoms with van der Waals surface area (Å²) in [6.07, 6.45) is 1.48. The van der Waals surface area contributed by atoms with Gasteiger partial charge in [0.2, 0.25) is 0 Å². The number of halogens is 1. The molecule has 0 aliphatic heterocycles. The lowest BCUT2D eigenvalue weighted by molar-refractivity contribution is 0.483. The number of pyridine rings is 1. The van der Waals surface area contributed by atoms with Crippen molar-refractivity contribution in [2.45, 2.75) is 0 Å². The predicted octanol–water partition coefficient (Wildman–Crippen LogP) is 4.58. The van der Waals surface area contributed by atoms with E-state index < -0.39 is 0 Å². The lowest BCUT2D eigenvalue weighted by Gasteiger charge is -2.08. The molecule has 2 aromatic heterocycles. The van der Waals surface area contributed by atoms with Gasteiger partial charge in [-0.05, 0) is 22.8 Å². The second kappa shape index (κ2) is 6.90. The Balaban J connectivity index is 2.04. The van der Waals surface area contributed by atoms with E-state index in [0.717, 1.165) is 11.1 Å². The first kappa shape index (κ1) is 17.3. The van der Waals surface area contributed by atoms with Crippen molar-refractivity contribution in [3.05, 3.63) is 74.9 Å². The molecule has 4 aromatic rings. The van der Waals surface area contributed by atoms with Gasteiger partial charge >= 0.3 is 0 Å². The SMILES string of the molecule is NN=Cc1cccc(-c2c(O)c3c(-c4ccccc4)c(Cl)sc3[nH]c2=O)c1. The minimum Gasteiger partial charge on any atom is -0.506 e. The van der Waals surface area contributed by atoms with Gasteiger partial charge in [-0.2, -0.15) is 5.10 Å². The Bertz CT molecular complexity index is 1230. The van der Waals surface area contributed by atoms with Crippen LogP contribution in [0.1, 0.15) is 5.56 Å². The van der Waals surface area contributed by atoms with Crippen LogP contribution in [0.15, 0.2) is 64.5 Å². The second-order valence-electron chi connectivity index (χ2n) is 5.90. The van der Waals surface area contributed by atoms with E-state index in [-0.39, 0.29) is 16.9 Å². The highest BCUT2D eigenvalue weighted by atomic mass is 35.5. The normalized spacial score (nSPS) is 11.4. The molecule has 0 fully saturated rings. The van der Waals surface area contributed by atoms with Gasteiger partial charge in [0.25, 0.3) is 5.56 Å². The smallest absolute Gasteiger partial charge is 0.260 e. The summed E-state index contributed by atoms with van der Waals surface area (Å²) in [5.74, 6) is 5.11. The third-order valence-corrected chi connectivity index (χ3v) is 5.57. The van der Waals surface area contributed by atoms with Crippen LogP contribution in [0, 0.1) is 0 Å². The van der Waals surface area contributed by atoms with Gasteiger partial charge in [0.05, 0.1) is 17.2 Å². The fraction of sp³-hybridized carbons (Fsp3) is 0. The van der Waals surface area contributed by atoms with Crippen molar-refractivity contribution in [3.8, 4) is 28.0 Å². The van der Waals surface area contributed by atoms with Crippen molar-refractivity contribution >= 4 is 39.4 Å². The maximum atomic E-state index is 12.7. The Morgan fingerprint density at radius 3 is 2.56 bits per heavy atom. The quantitative estimate of drug-likeness (QED) is 0.269. The number of nitrogens with two attached hydrogens (primary N) is 1. The van der Waals surface area contributed by atoms with Crippen LogP contribution in [0.4, 0.5) is 0 Å². The van der Waals surface area contributed by atoms with Crippen LogP contribution in [0.5, 0.6) is 5.75 Å².